The lowest BCUT2D eigenvalue weighted by Gasteiger charge is -2.13. The van der Waals surface area contributed by atoms with E-state index in [2.05, 4.69) is 10.5 Å². The van der Waals surface area contributed by atoms with E-state index in [1.807, 2.05) is 20.8 Å². The van der Waals surface area contributed by atoms with Gasteiger partial charge in [0.25, 0.3) is 0 Å². The van der Waals surface area contributed by atoms with Gasteiger partial charge in [-0.25, -0.2) is 0 Å². The second-order valence-electron chi connectivity index (χ2n) is 3.82. The minimum atomic E-state index is -0.0749. The predicted molar refractivity (Wildman–Crippen MR) is 62.5 cm³/mol. The second-order valence-corrected chi connectivity index (χ2v) is 4.20. The summed E-state index contributed by atoms with van der Waals surface area (Å²) in [6.45, 7) is 5.63. The van der Waals surface area contributed by atoms with E-state index in [0.717, 1.165) is 17.0 Å². The topological polar surface area (TPSA) is 55.1 Å². The maximum Gasteiger partial charge on any atom is 0.220 e. The number of amides is 1. The summed E-state index contributed by atoms with van der Waals surface area (Å²) in [5.41, 5.74) is 1.78. The molecule has 0 aliphatic carbocycles. The van der Waals surface area contributed by atoms with Gasteiger partial charge >= 0.3 is 0 Å². The number of hydrogen-bond donors (Lipinski definition) is 1. The molecule has 1 heterocycles. The van der Waals surface area contributed by atoms with Crippen LogP contribution in [0.15, 0.2) is 4.52 Å². The minimum Gasteiger partial charge on any atom is -0.361 e. The Labute approximate surface area is 100 Å². The lowest BCUT2D eigenvalue weighted by Crippen LogP contribution is -2.27. The number of alkyl halides is 1. The molecule has 0 radical (unpaired) electrons. The van der Waals surface area contributed by atoms with Crippen LogP contribution < -0.4 is 5.32 Å². The molecule has 1 amide bonds. The molecule has 4 nitrogen and oxygen atoms in total. The molecule has 0 aliphatic rings. The maximum atomic E-state index is 11.5. The Kier molecular flexibility index (Phi) is 4.80. The number of nitrogens with one attached hydrogen (secondary N) is 1. The molecule has 1 N–H and O–H groups in total. The number of rotatable bonds is 5. The van der Waals surface area contributed by atoms with Gasteiger partial charge in [0, 0.05) is 17.9 Å². The summed E-state index contributed by atoms with van der Waals surface area (Å²) in [6, 6.07) is -0.0749. The third kappa shape index (κ3) is 3.23. The van der Waals surface area contributed by atoms with Gasteiger partial charge in [0.2, 0.25) is 5.91 Å². The van der Waals surface area contributed by atoms with Crippen molar-refractivity contribution < 1.29 is 9.32 Å². The maximum absolute atomic E-state index is 11.5. The highest BCUT2D eigenvalue weighted by Crippen LogP contribution is 2.20. The highest BCUT2D eigenvalue weighted by atomic mass is 35.5. The lowest BCUT2D eigenvalue weighted by molar-refractivity contribution is -0.121. The van der Waals surface area contributed by atoms with Gasteiger partial charge in [-0.15, -0.1) is 11.6 Å². The van der Waals surface area contributed by atoms with E-state index in [0.29, 0.717) is 18.7 Å². The Morgan fingerprint density at radius 2 is 2.25 bits per heavy atom. The van der Waals surface area contributed by atoms with Gasteiger partial charge in [0.15, 0.2) is 0 Å². The summed E-state index contributed by atoms with van der Waals surface area (Å²) in [6.07, 6.45) is 1.15. The average Bonchev–Trinajstić information content (AvgIpc) is 2.55. The Morgan fingerprint density at radius 3 is 2.75 bits per heavy atom. The molecule has 1 rings (SSSR count). The number of hydrogen-bond acceptors (Lipinski definition) is 3. The van der Waals surface area contributed by atoms with Crippen molar-refractivity contribution in [2.75, 3.05) is 5.88 Å². The van der Waals surface area contributed by atoms with Gasteiger partial charge in [-0.1, -0.05) is 5.16 Å². The number of carbonyl (C=O) groups excluding carboxylic acids is 1. The van der Waals surface area contributed by atoms with Crippen LogP contribution in [0.5, 0.6) is 0 Å². The molecular weight excluding hydrogens is 228 g/mol. The van der Waals surface area contributed by atoms with Crippen molar-refractivity contribution in [2.45, 2.75) is 39.7 Å². The molecule has 5 heteroatoms. The normalized spacial score (nSPS) is 12.5. The lowest BCUT2D eigenvalue weighted by atomic mass is 10.1. The summed E-state index contributed by atoms with van der Waals surface area (Å²) in [5.74, 6) is 1.27. The van der Waals surface area contributed by atoms with Crippen LogP contribution in [0.4, 0.5) is 0 Å². The van der Waals surface area contributed by atoms with E-state index in [1.54, 1.807) is 0 Å². The summed E-state index contributed by atoms with van der Waals surface area (Å²) in [7, 11) is 0. The molecule has 1 aromatic heterocycles. The first kappa shape index (κ1) is 13.0. The Hall–Kier alpha value is -1.03. The van der Waals surface area contributed by atoms with Crippen molar-refractivity contribution in [3.05, 3.63) is 17.0 Å². The van der Waals surface area contributed by atoms with Gasteiger partial charge in [-0.3, -0.25) is 4.79 Å². The molecule has 0 aliphatic heterocycles. The monoisotopic (exact) mass is 244 g/mol. The Balaban J connectivity index is 2.58. The predicted octanol–water partition coefficient (Wildman–Crippen LogP) is 2.49. The smallest absolute Gasteiger partial charge is 0.220 e. The van der Waals surface area contributed by atoms with Crippen LogP contribution in [-0.2, 0) is 4.79 Å². The Bertz CT molecular complexity index is 343. The summed E-state index contributed by atoms with van der Waals surface area (Å²) in [5, 5.41) is 6.76. The van der Waals surface area contributed by atoms with E-state index in [9.17, 15) is 4.79 Å². The number of aryl methyl sites for hydroxylation is 2. The fourth-order valence-electron chi connectivity index (χ4n) is 1.72. The third-order valence-electron chi connectivity index (χ3n) is 2.44. The van der Waals surface area contributed by atoms with Crippen molar-refractivity contribution in [1.29, 1.82) is 0 Å². The van der Waals surface area contributed by atoms with Crippen molar-refractivity contribution >= 4 is 17.5 Å². The third-order valence-corrected chi connectivity index (χ3v) is 2.70. The van der Waals surface area contributed by atoms with Crippen molar-refractivity contribution in [3.63, 3.8) is 0 Å². The first-order chi connectivity index (χ1) is 7.56. The SMILES string of the molecule is Cc1noc(C)c1C(C)NC(=O)CCCCl. The highest BCUT2D eigenvalue weighted by molar-refractivity contribution is 6.17. The zero-order valence-corrected chi connectivity index (χ0v) is 10.6. The minimum absolute atomic E-state index is 0.00755. The fourth-order valence-corrected chi connectivity index (χ4v) is 1.86. The van der Waals surface area contributed by atoms with Crippen molar-refractivity contribution in [3.8, 4) is 0 Å². The molecule has 0 spiro atoms. The average molecular weight is 245 g/mol. The molecular formula is C11H17ClN2O2. The first-order valence-corrected chi connectivity index (χ1v) is 5.87. The van der Waals surface area contributed by atoms with Crippen LogP contribution in [0.2, 0.25) is 0 Å². The molecule has 0 bridgehead atoms. The van der Waals surface area contributed by atoms with E-state index in [-0.39, 0.29) is 11.9 Å². The van der Waals surface area contributed by atoms with Crippen LogP contribution >= 0.6 is 11.6 Å². The molecule has 0 aromatic carbocycles. The summed E-state index contributed by atoms with van der Waals surface area (Å²) < 4.78 is 5.06. The molecule has 0 saturated carbocycles. The molecule has 16 heavy (non-hydrogen) atoms. The zero-order valence-electron chi connectivity index (χ0n) is 9.84. The van der Waals surface area contributed by atoms with Gasteiger partial charge in [-0.2, -0.15) is 0 Å². The van der Waals surface area contributed by atoms with Gasteiger partial charge in [-0.05, 0) is 27.2 Å². The van der Waals surface area contributed by atoms with Crippen molar-refractivity contribution in [2.24, 2.45) is 0 Å². The standard InChI is InChI=1S/C11H17ClN2O2/c1-7(13-10(15)5-4-6-12)11-8(2)14-16-9(11)3/h7H,4-6H2,1-3H3,(H,13,15). The molecule has 1 atom stereocenters. The number of nitrogens with zero attached hydrogens (tertiary/aromatic N) is 1. The molecule has 1 aromatic rings. The van der Waals surface area contributed by atoms with E-state index in [4.69, 9.17) is 16.1 Å². The van der Waals surface area contributed by atoms with Gasteiger partial charge in [0.1, 0.15) is 5.76 Å². The Morgan fingerprint density at radius 1 is 1.56 bits per heavy atom. The number of halogens is 1. The number of aromatic nitrogens is 1. The molecule has 0 saturated heterocycles. The molecule has 1 unspecified atom stereocenters. The van der Waals surface area contributed by atoms with Crippen LogP contribution in [-0.4, -0.2) is 16.9 Å². The quantitative estimate of drug-likeness (QED) is 0.810. The number of carbonyl (C=O) groups is 1. The first-order valence-electron chi connectivity index (χ1n) is 5.34. The highest BCUT2D eigenvalue weighted by Gasteiger charge is 2.17. The van der Waals surface area contributed by atoms with Crippen LogP contribution in [0.1, 0.15) is 42.8 Å². The van der Waals surface area contributed by atoms with Crippen LogP contribution in [0.25, 0.3) is 0 Å². The van der Waals surface area contributed by atoms with Crippen LogP contribution in [0.3, 0.4) is 0 Å². The van der Waals surface area contributed by atoms with E-state index in [1.165, 1.54) is 0 Å². The van der Waals surface area contributed by atoms with Gasteiger partial charge in [0.05, 0.1) is 11.7 Å². The van der Waals surface area contributed by atoms with E-state index >= 15 is 0 Å². The van der Waals surface area contributed by atoms with Crippen LogP contribution in [0, 0.1) is 13.8 Å². The summed E-state index contributed by atoms with van der Waals surface area (Å²) in [4.78, 5) is 11.5. The molecule has 0 fully saturated rings. The largest absolute Gasteiger partial charge is 0.361 e. The van der Waals surface area contributed by atoms with E-state index < -0.39 is 0 Å². The van der Waals surface area contributed by atoms with Gasteiger partial charge < -0.3 is 9.84 Å². The fraction of sp³-hybridized carbons (Fsp3) is 0.636. The van der Waals surface area contributed by atoms with Crippen molar-refractivity contribution in [1.82, 2.24) is 10.5 Å². The zero-order chi connectivity index (χ0) is 12.1. The second kappa shape index (κ2) is 5.89. The summed E-state index contributed by atoms with van der Waals surface area (Å²) >= 11 is 5.53. The molecule has 90 valence electrons.